The molecule has 0 saturated carbocycles. The summed E-state index contributed by atoms with van der Waals surface area (Å²) in [7, 11) is 1.60. The fourth-order valence-electron chi connectivity index (χ4n) is 5.02. The van der Waals surface area contributed by atoms with Crippen molar-refractivity contribution >= 4 is 29.0 Å². The van der Waals surface area contributed by atoms with E-state index in [9.17, 15) is 9.59 Å². The van der Waals surface area contributed by atoms with Gasteiger partial charge < -0.3 is 14.8 Å². The summed E-state index contributed by atoms with van der Waals surface area (Å²) in [5.41, 5.74) is 4.07. The minimum Gasteiger partial charge on any atom is -0.497 e. The van der Waals surface area contributed by atoms with Crippen molar-refractivity contribution in [2.24, 2.45) is 4.99 Å². The Kier molecular flexibility index (Phi) is 8.02. The number of para-hydroxylation sites is 1. The molecular weight excluding hydrogens is 558 g/mol. The molecule has 43 heavy (non-hydrogen) atoms. The van der Waals surface area contributed by atoms with Crippen LogP contribution >= 0.6 is 11.3 Å². The highest BCUT2D eigenvalue weighted by atomic mass is 32.1. The van der Waals surface area contributed by atoms with Gasteiger partial charge in [0.05, 0.1) is 29.0 Å². The van der Waals surface area contributed by atoms with E-state index >= 15 is 0 Å². The summed E-state index contributed by atoms with van der Waals surface area (Å²) in [6.07, 6.45) is 1.84. The maximum atomic E-state index is 14.0. The predicted molar refractivity (Wildman–Crippen MR) is 169 cm³/mol. The molecule has 0 spiro atoms. The van der Waals surface area contributed by atoms with E-state index in [1.54, 1.807) is 18.6 Å². The topological polar surface area (TPSA) is 81.9 Å². The molecule has 1 amide bonds. The van der Waals surface area contributed by atoms with E-state index in [-0.39, 0.29) is 11.5 Å². The number of carbonyl (C=O) groups is 1. The van der Waals surface area contributed by atoms with Crippen molar-refractivity contribution in [2.75, 3.05) is 12.4 Å². The number of fused-ring (bicyclic) bond motifs is 1. The summed E-state index contributed by atoms with van der Waals surface area (Å²) in [6.45, 7) is 2.25. The molecule has 4 aromatic carbocycles. The van der Waals surface area contributed by atoms with E-state index < -0.39 is 6.04 Å². The van der Waals surface area contributed by atoms with Crippen molar-refractivity contribution in [1.82, 2.24) is 4.57 Å². The van der Waals surface area contributed by atoms with E-state index in [1.807, 2.05) is 115 Å². The third-order valence-electron chi connectivity index (χ3n) is 7.13. The van der Waals surface area contributed by atoms with Crippen LogP contribution in [0.5, 0.6) is 11.5 Å². The number of benzene rings is 4. The number of anilines is 1. The predicted octanol–water partition coefficient (Wildman–Crippen LogP) is 5.46. The number of amides is 1. The van der Waals surface area contributed by atoms with E-state index in [2.05, 4.69) is 5.32 Å². The number of carbonyl (C=O) groups excluding carboxylic acids is 1. The Hall–Kier alpha value is -5.21. The number of allylic oxidation sites excluding steroid dienone is 1. The molecular formula is C35H29N3O4S. The second-order valence-corrected chi connectivity index (χ2v) is 11.0. The highest BCUT2D eigenvalue weighted by molar-refractivity contribution is 7.07. The summed E-state index contributed by atoms with van der Waals surface area (Å²) < 4.78 is 13.5. The molecule has 8 heteroatoms. The molecule has 1 aromatic heterocycles. The van der Waals surface area contributed by atoms with Gasteiger partial charge in [-0.15, -0.1) is 0 Å². The van der Waals surface area contributed by atoms with Gasteiger partial charge in [0.15, 0.2) is 4.80 Å². The van der Waals surface area contributed by atoms with Crippen LogP contribution in [0.3, 0.4) is 0 Å². The maximum Gasteiger partial charge on any atom is 0.271 e. The number of thiazole rings is 1. The monoisotopic (exact) mass is 587 g/mol. The van der Waals surface area contributed by atoms with Crippen LogP contribution in [0.4, 0.5) is 5.69 Å². The molecule has 0 radical (unpaired) electrons. The van der Waals surface area contributed by atoms with E-state index in [4.69, 9.17) is 14.5 Å². The summed E-state index contributed by atoms with van der Waals surface area (Å²) in [5.74, 6) is 1.07. The standard InChI is InChI=1S/C35H29N3O4S/c1-23-31(33(39)37-27-13-7-4-8-14-27)32(26-16-18-28(41-2)19-17-26)38-34(40)30(43-35(38)36-23)21-25-12-9-15-29(20-25)42-22-24-10-5-3-6-11-24/h3-21,32H,22H2,1-2H3,(H,37,39)/b30-21+/t32-/m0/s1. The molecule has 0 aliphatic carbocycles. The number of ether oxygens (including phenoxy) is 2. The van der Waals surface area contributed by atoms with Gasteiger partial charge in [-0.1, -0.05) is 84.1 Å². The quantitative estimate of drug-likeness (QED) is 0.261. The smallest absolute Gasteiger partial charge is 0.271 e. The number of nitrogens with zero attached hydrogens (tertiary/aromatic N) is 2. The van der Waals surface area contributed by atoms with Crippen molar-refractivity contribution in [3.8, 4) is 11.5 Å². The molecule has 214 valence electrons. The summed E-state index contributed by atoms with van der Waals surface area (Å²) in [5, 5.41) is 2.98. The van der Waals surface area contributed by atoms with Gasteiger partial charge in [-0.25, -0.2) is 4.99 Å². The molecule has 0 unspecified atom stereocenters. The highest BCUT2D eigenvalue weighted by Crippen LogP contribution is 2.31. The fraction of sp³-hybridized carbons (Fsp3) is 0.114. The zero-order chi connectivity index (χ0) is 29.8. The van der Waals surface area contributed by atoms with Crippen molar-refractivity contribution in [3.05, 3.63) is 157 Å². The number of aromatic nitrogens is 1. The van der Waals surface area contributed by atoms with Crippen LogP contribution in [-0.2, 0) is 11.4 Å². The lowest BCUT2D eigenvalue weighted by Gasteiger charge is -2.25. The van der Waals surface area contributed by atoms with Crippen LogP contribution in [0.25, 0.3) is 6.08 Å². The Morgan fingerprint density at radius 3 is 2.37 bits per heavy atom. The van der Waals surface area contributed by atoms with Gasteiger partial charge in [0.2, 0.25) is 0 Å². The maximum absolute atomic E-state index is 14.0. The third kappa shape index (κ3) is 6.05. The molecule has 1 aliphatic heterocycles. The SMILES string of the molecule is COc1ccc([C@H]2C(C(=O)Nc3ccccc3)=C(C)N=c3s/c(=C/c4cccc(OCc5ccccc5)c4)c(=O)n32)cc1. The Balaban J connectivity index is 1.39. The number of rotatable bonds is 8. The van der Waals surface area contributed by atoms with Gasteiger partial charge in [0.1, 0.15) is 18.1 Å². The molecule has 1 atom stereocenters. The van der Waals surface area contributed by atoms with Crippen LogP contribution in [0.1, 0.15) is 29.7 Å². The lowest BCUT2D eigenvalue weighted by molar-refractivity contribution is -0.113. The molecule has 0 fully saturated rings. The van der Waals surface area contributed by atoms with Gasteiger partial charge in [-0.2, -0.15) is 0 Å². The normalized spacial score (nSPS) is 14.6. The molecule has 0 bridgehead atoms. The van der Waals surface area contributed by atoms with Crippen molar-refractivity contribution < 1.29 is 14.3 Å². The van der Waals surface area contributed by atoms with Gasteiger partial charge >= 0.3 is 0 Å². The van der Waals surface area contributed by atoms with Gasteiger partial charge in [0.25, 0.3) is 11.5 Å². The lowest BCUT2D eigenvalue weighted by Crippen LogP contribution is -2.40. The second kappa shape index (κ2) is 12.3. The minimum atomic E-state index is -0.673. The van der Waals surface area contributed by atoms with Crippen molar-refractivity contribution in [3.63, 3.8) is 0 Å². The largest absolute Gasteiger partial charge is 0.497 e. The van der Waals surface area contributed by atoms with Crippen molar-refractivity contribution in [1.29, 1.82) is 0 Å². The molecule has 7 nitrogen and oxygen atoms in total. The van der Waals surface area contributed by atoms with Crippen LogP contribution < -0.4 is 29.7 Å². The molecule has 0 saturated heterocycles. The Morgan fingerprint density at radius 2 is 1.65 bits per heavy atom. The molecule has 1 aliphatic rings. The number of nitrogens with one attached hydrogen (secondary N) is 1. The van der Waals surface area contributed by atoms with Gasteiger partial charge in [0, 0.05) is 5.69 Å². The average molecular weight is 588 g/mol. The first-order valence-corrected chi connectivity index (χ1v) is 14.6. The molecule has 1 N–H and O–H groups in total. The number of hydrogen-bond acceptors (Lipinski definition) is 6. The van der Waals surface area contributed by atoms with Gasteiger partial charge in [-0.05, 0) is 66.1 Å². The third-order valence-corrected chi connectivity index (χ3v) is 8.12. The lowest BCUT2D eigenvalue weighted by atomic mass is 9.95. The van der Waals surface area contributed by atoms with E-state index in [0.717, 1.165) is 16.7 Å². The van der Waals surface area contributed by atoms with Crippen molar-refractivity contribution in [2.45, 2.75) is 19.6 Å². The first-order valence-electron chi connectivity index (χ1n) is 13.8. The Labute approximate surface area is 252 Å². The summed E-state index contributed by atoms with van der Waals surface area (Å²) >= 11 is 1.30. The Morgan fingerprint density at radius 1 is 0.930 bits per heavy atom. The molecule has 2 heterocycles. The van der Waals surface area contributed by atoms with E-state index in [1.165, 1.54) is 11.3 Å². The van der Waals surface area contributed by atoms with E-state index in [0.29, 0.717) is 44.4 Å². The molecule has 5 aromatic rings. The number of hydrogen-bond donors (Lipinski definition) is 1. The van der Waals surface area contributed by atoms with Gasteiger partial charge in [-0.3, -0.25) is 14.2 Å². The minimum absolute atomic E-state index is 0.224. The zero-order valence-corrected chi connectivity index (χ0v) is 24.5. The average Bonchev–Trinajstić information content (AvgIpc) is 3.34. The van der Waals surface area contributed by atoms with Crippen LogP contribution in [-0.4, -0.2) is 17.6 Å². The van der Waals surface area contributed by atoms with Crippen LogP contribution in [0.2, 0.25) is 0 Å². The van der Waals surface area contributed by atoms with Crippen LogP contribution in [0.15, 0.2) is 130 Å². The fourth-order valence-corrected chi connectivity index (χ4v) is 6.07. The zero-order valence-electron chi connectivity index (χ0n) is 23.7. The first kappa shape index (κ1) is 27.9. The number of methoxy groups -OCH3 is 1. The van der Waals surface area contributed by atoms with Crippen LogP contribution in [0, 0.1) is 0 Å². The second-order valence-electron chi connectivity index (χ2n) is 10.0. The Bertz CT molecular complexity index is 1980. The summed E-state index contributed by atoms with van der Waals surface area (Å²) in [4.78, 5) is 33.0. The summed E-state index contributed by atoms with van der Waals surface area (Å²) in [6, 6.07) is 33.6. The first-order chi connectivity index (χ1) is 21.0. The highest BCUT2D eigenvalue weighted by Gasteiger charge is 2.32. The molecule has 6 rings (SSSR count).